The molecule has 2 aromatic rings. The van der Waals surface area contributed by atoms with Crippen molar-refractivity contribution in [2.45, 2.75) is 31.0 Å². The molecule has 0 spiro atoms. The number of benzene rings is 1. The highest BCUT2D eigenvalue weighted by Crippen LogP contribution is 2.33. The number of hydrogen-bond acceptors (Lipinski definition) is 5. The summed E-state index contributed by atoms with van der Waals surface area (Å²) in [6.45, 7) is 2.94. The molecule has 0 radical (unpaired) electrons. The van der Waals surface area contributed by atoms with Gasteiger partial charge in [-0.25, -0.2) is 13.4 Å². The molecule has 6 nitrogen and oxygen atoms in total. The van der Waals surface area contributed by atoms with Crippen LogP contribution in [0.2, 0.25) is 0 Å². The Balaban J connectivity index is 2.20. The summed E-state index contributed by atoms with van der Waals surface area (Å²) in [5.74, 6) is -0.734. The fourth-order valence-corrected chi connectivity index (χ4v) is 4.03. The summed E-state index contributed by atoms with van der Waals surface area (Å²) < 4.78 is 65.4. The van der Waals surface area contributed by atoms with Crippen LogP contribution in [0.5, 0.6) is 0 Å². The molecule has 2 N–H and O–H groups in total. The Morgan fingerprint density at radius 1 is 1.28 bits per heavy atom. The first-order valence-electron chi connectivity index (χ1n) is 6.92. The van der Waals surface area contributed by atoms with Crippen LogP contribution in [0.25, 0.3) is 0 Å². The Morgan fingerprint density at radius 3 is 2.48 bits per heavy atom. The van der Waals surface area contributed by atoms with E-state index in [9.17, 15) is 26.4 Å². The Labute approximate surface area is 146 Å². The average molecular weight is 393 g/mol. The highest BCUT2D eigenvalue weighted by atomic mass is 32.2. The monoisotopic (exact) mass is 393 g/mol. The number of aryl methyl sites for hydroxylation is 1. The Bertz CT molecular complexity index is 879. The van der Waals surface area contributed by atoms with Crippen molar-refractivity contribution in [3.63, 3.8) is 0 Å². The predicted octanol–water partition coefficient (Wildman–Crippen LogP) is 2.78. The van der Waals surface area contributed by atoms with Crippen molar-refractivity contribution >= 4 is 32.4 Å². The highest BCUT2D eigenvalue weighted by Gasteiger charge is 2.37. The van der Waals surface area contributed by atoms with Crippen molar-refractivity contribution in [1.82, 2.24) is 9.71 Å². The summed E-state index contributed by atoms with van der Waals surface area (Å²) in [5, 5.41) is 4.35. The van der Waals surface area contributed by atoms with Gasteiger partial charge in [0.2, 0.25) is 15.9 Å². The van der Waals surface area contributed by atoms with Crippen LogP contribution in [0.3, 0.4) is 0 Å². The smallest absolute Gasteiger partial charge is 0.301 e. The van der Waals surface area contributed by atoms with Crippen LogP contribution in [0.1, 0.15) is 18.2 Å². The standard InChI is InChI=1S/C14H14F3N3O3S2/c1-8-7-24-13(18-8)19-12(21)9(2)20-25(22,23)11-6-4-3-5-10(11)14(15,16)17/h3-7,9,20H,1-2H3,(H,18,19,21)/t9-/m1/s1. The van der Waals surface area contributed by atoms with Gasteiger partial charge >= 0.3 is 6.18 Å². The largest absolute Gasteiger partial charge is 0.417 e. The fourth-order valence-electron chi connectivity index (χ4n) is 1.91. The Kier molecular flexibility index (Phi) is 5.49. The normalized spacial score (nSPS) is 13.5. The van der Waals surface area contributed by atoms with Gasteiger partial charge in [0.05, 0.1) is 22.2 Å². The SMILES string of the molecule is Cc1csc(NC(=O)[C@@H](C)NS(=O)(=O)c2ccccc2C(F)(F)F)n1. The number of nitrogens with zero attached hydrogens (tertiary/aromatic N) is 1. The van der Waals surface area contributed by atoms with E-state index in [1.54, 1.807) is 12.3 Å². The molecule has 0 bridgehead atoms. The van der Waals surface area contributed by atoms with Crippen molar-refractivity contribution in [1.29, 1.82) is 0 Å². The number of carbonyl (C=O) groups is 1. The lowest BCUT2D eigenvalue weighted by Gasteiger charge is -2.16. The lowest BCUT2D eigenvalue weighted by molar-refractivity contribution is -0.139. The molecule has 0 fully saturated rings. The Morgan fingerprint density at radius 2 is 1.92 bits per heavy atom. The van der Waals surface area contributed by atoms with Gasteiger partial charge in [-0.1, -0.05) is 12.1 Å². The first-order valence-corrected chi connectivity index (χ1v) is 9.28. The quantitative estimate of drug-likeness (QED) is 0.818. The third-order valence-corrected chi connectivity index (χ3v) is 5.53. The van der Waals surface area contributed by atoms with Crippen molar-refractivity contribution in [3.8, 4) is 0 Å². The highest BCUT2D eigenvalue weighted by molar-refractivity contribution is 7.89. The first-order chi connectivity index (χ1) is 11.5. The molecule has 25 heavy (non-hydrogen) atoms. The molecule has 0 saturated heterocycles. The molecule has 0 aliphatic heterocycles. The molecule has 11 heteroatoms. The molecular weight excluding hydrogens is 379 g/mol. The molecule has 136 valence electrons. The molecule has 0 aliphatic rings. The topological polar surface area (TPSA) is 88.2 Å². The number of amides is 1. The van der Waals surface area contributed by atoms with E-state index in [-0.39, 0.29) is 5.13 Å². The minimum Gasteiger partial charge on any atom is -0.301 e. The van der Waals surface area contributed by atoms with Gasteiger partial charge in [0.15, 0.2) is 5.13 Å². The van der Waals surface area contributed by atoms with E-state index in [0.717, 1.165) is 23.5 Å². The van der Waals surface area contributed by atoms with Crippen LogP contribution in [-0.4, -0.2) is 25.4 Å². The first kappa shape index (κ1) is 19.3. The summed E-state index contributed by atoms with van der Waals surface area (Å²) in [4.78, 5) is 15.1. The van der Waals surface area contributed by atoms with Crippen LogP contribution in [0, 0.1) is 6.92 Å². The summed E-state index contributed by atoms with van der Waals surface area (Å²) in [5.41, 5.74) is -0.627. The van der Waals surface area contributed by atoms with Crippen molar-refractivity contribution in [2.24, 2.45) is 0 Å². The molecule has 1 amide bonds. The minimum absolute atomic E-state index is 0.268. The number of sulfonamides is 1. The molecule has 1 aromatic carbocycles. The fraction of sp³-hybridized carbons (Fsp3) is 0.286. The Hall–Kier alpha value is -1.98. The van der Waals surface area contributed by atoms with E-state index < -0.39 is 38.6 Å². The number of aromatic nitrogens is 1. The maximum atomic E-state index is 13.0. The van der Waals surface area contributed by atoms with Gasteiger partial charge in [-0.2, -0.15) is 17.9 Å². The second-order valence-corrected chi connectivity index (χ2v) is 7.66. The molecule has 2 rings (SSSR count). The van der Waals surface area contributed by atoms with Crippen LogP contribution < -0.4 is 10.0 Å². The van der Waals surface area contributed by atoms with Gasteiger partial charge in [0.1, 0.15) is 0 Å². The number of rotatable bonds is 5. The second kappa shape index (κ2) is 7.10. The molecule has 0 saturated carbocycles. The van der Waals surface area contributed by atoms with Gasteiger partial charge in [0.25, 0.3) is 0 Å². The third kappa shape index (κ3) is 4.77. The maximum absolute atomic E-state index is 13.0. The number of anilines is 1. The van der Waals surface area contributed by atoms with E-state index in [2.05, 4.69) is 10.3 Å². The second-order valence-electron chi connectivity index (χ2n) is 5.12. The maximum Gasteiger partial charge on any atom is 0.417 e. The number of halogens is 3. The summed E-state index contributed by atoms with van der Waals surface area (Å²) in [7, 11) is -4.55. The van der Waals surface area contributed by atoms with Crippen LogP contribution >= 0.6 is 11.3 Å². The van der Waals surface area contributed by atoms with Gasteiger partial charge < -0.3 is 5.32 Å². The zero-order valence-corrected chi connectivity index (χ0v) is 14.7. The lowest BCUT2D eigenvalue weighted by Crippen LogP contribution is -2.42. The molecule has 0 unspecified atom stereocenters. The lowest BCUT2D eigenvalue weighted by atomic mass is 10.2. The van der Waals surface area contributed by atoms with Gasteiger partial charge in [-0.05, 0) is 26.0 Å². The summed E-state index contributed by atoms with van der Waals surface area (Å²) in [6.07, 6.45) is -4.84. The third-order valence-electron chi connectivity index (χ3n) is 3.06. The van der Waals surface area contributed by atoms with Gasteiger partial charge in [-0.3, -0.25) is 4.79 Å². The number of alkyl halides is 3. The zero-order valence-electron chi connectivity index (χ0n) is 13.1. The molecule has 1 aromatic heterocycles. The van der Waals surface area contributed by atoms with Crippen molar-refractivity contribution in [2.75, 3.05) is 5.32 Å². The number of nitrogens with one attached hydrogen (secondary N) is 2. The summed E-state index contributed by atoms with van der Waals surface area (Å²) in [6, 6.07) is 2.46. The van der Waals surface area contributed by atoms with Gasteiger partial charge in [0, 0.05) is 5.38 Å². The van der Waals surface area contributed by atoms with Crippen LogP contribution in [0.4, 0.5) is 18.3 Å². The van der Waals surface area contributed by atoms with E-state index in [0.29, 0.717) is 11.8 Å². The van der Waals surface area contributed by atoms with Gasteiger partial charge in [-0.15, -0.1) is 11.3 Å². The van der Waals surface area contributed by atoms with Crippen LogP contribution in [-0.2, 0) is 21.0 Å². The van der Waals surface area contributed by atoms with E-state index in [4.69, 9.17) is 0 Å². The number of carbonyl (C=O) groups excluding carboxylic acids is 1. The number of thiazole rings is 1. The number of hydrogen-bond donors (Lipinski definition) is 2. The van der Waals surface area contributed by atoms with Crippen molar-refractivity contribution < 1.29 is 26.4 Å². The zero-order chi connectivity index (χ0) is 18.8. The van der Waals surface area contributed by atoms with Crippen molar-refractivity contribution in [3.05, 3.63) is 40.9 Å². The molecule has 0 aliphatic carbocycles. The average Bonchev–Trinajstić information content (AvgIpc) is 2.91. The van der Waals surface area contributed by atoms with E-state index in [1.165, 1.54) is 13.0 Å². The minimum atomic E-state index is -4.84. The molecule has 1 heterocycles. The molecular formula is C14H14F3N3O3S2. The van der Waals surface area contributed by atoms with Crippen LogP contribution in [0.15, 0.2) is 34.5 Å². The molecule has 1 atom stereocenters. The van der Waals surface area contributed by atoms with E-state index in [1.807, 2.05) is 4.72 Å². The summed E-state index contributed by atoms with van der Waals surface area (Å²) >= 11 is 1.15. The van der Waals surface area contributed by atoms with E-state index >= 15 is 0 Å². The predicted molar refractivity (Wildman–Crippen MR) is 86.7 cm³/mol.